The highest BCUT2D eigenvalue weighted by Crippen LogP contribution is 2.34. The zero-order valence-electron chi connectivity index (χ0n) is 14.1. The van der Waals surface area contributed by atoms with Crippen LogP contribution in [0.3, 0.4) is 0 Å². The van der Waals surface area contributed by atoms with Crippen molar-refractivity contribution in [2.75, 3.05) is 11.1 Å². The minimum atomic E-state index is -0.222. The molecule has 3 heterocycles. The van der Waals surface area contributed by atoms with E-state index in [1.54, 1.807) is 12.4 Å². The van der Waals surface area contributed by atoms with Crippen molar-refractivity contribution in [2.24, 2.45) is 0 Å². The molecular weight excluding hydrogens is 344 g/mol. The number of hydrogen-bond donors (Lipinski definition) is 2. The Kier molecular flexibility index (Phi) is 4.10. The van der Waals surface area contributed by atoms with Gasteiger partial charge in [0.25, 0.3) is 5.91 Å². The second kappa shape index (κ2) is 6.57. The monoisotopic (exact) mass is 360 g/mol. The second-order valence-electron chi connectivity index (χ2n) is 5.95. The van der Waals surface area contributed by atoms with Crippen molar-refractivity contribution < 1.29 is 4.79 Å². The van der Waals surface area contributed by atoms with Gasteiger partial charge in [0.05, 0.1) is 11.4 Å². The Labute approximate surface area is 154 Å². The number of nitrogens with zero attached hydrogens (tertiary/aromatic N) is 2. The van der Waals surface area contributed by atoms with Crippen LogP contribution in [0.15, 0.2) is 60.9 Å². The van der Waals surface area contributed by atoms with Crippen LogP contribution < -0.4 is 11.1 Å². The number of aromatic nitrogens is 2. The van der Waals surface area contributed by atoms with E-state index in [0.717, 1.165) is 32.7 Å². The van der Waals surface area contributed by atoms with E-state index in [4.69, 9.17) is 5.73 Å². The van der Waals surface area contributed by atoms with Gasteiger partial charge in [0.2, 0.25) is 0 Å². The fourth-order valence-electron chi connectivity index (χ4n) is 2.67. The molecule has 3 N–H and O–H groups in total. The summed E-state index contributed by atoms with van der Waals surface area (Å²) in [7, 11) is 0. The van der Waals surface area contributed by atoms with Gasteiger partial charge in [0, 0.05) is 29.0 Å². The third-order valence-corrected chi connectivity index (χ3v) is 5.20. The zero-order valence-corrected chi connectivity index (χ0v) is 14.9. The standard InChI is InChI=1S/C20H16N4OS/c1-12-2-4-14(5-3-12)23-19(25)18-17(21)15-6-7-16(24-20(15)26-18)13-8-10-22-11-9-13/h2-11H,21H2,1H3,(H,23,25). The average molecular weight is 360 g/mol. The van der Waals surface area contributed by atoms with Gasteiger partial charge in [-0.25, -0.2) is 4.98 Å². The number of hydrogen-bond acceptors (Lipinski definition) is 5. The number of rotatable bonds is 3. The average Bonchev–Trinajstić information content (AvgIpc) is 3.00. The van der Waals surface area contributed by atoms with Gasteiger partial charge in [-0.1, -0.05) is 17.7 Å². The number of aryl methyl sites for hydroxylation is 1. The van der Waals surface area contributed by atoms with Crippen LogP contribution in [0.25, 0.3) is 21.5 Å². The van der Waals surface area contributed by atoms with Crippen LogP contribution in [0.1, 0.15) is 15.2 Å². The maximum Gasteiger partial charge on any atom is 0.267 e. The summed E-state index contributed by atoms with van der Waals surface area (Å²) in [5.74, 6) is -0.222. The number of carbonyl (C=O) groups is 1. The Morgan fingerprint density at radius 1 is 1.04 bits per heavy atom. The summed E-state index contributed by atoms with van der Waals surface area (Å²) < 4.78 is 0. The van der Waals surface area contributed by atoms with Crippen molar-refractivity contribution in [1.82, 2.24) is 9.97 Å². The van der Waals surface area contributed by atoms with E-state index in [-0.39, 0.29) is 5.91 Å². The summed E-state index contributed by atoms with van der Waals surface area (Å²) in [4.78, 5) is 22.5. The number of nitrogens with one attached hydrogen (secondary N) is 1. The number of benzene rings is 1. The van der Waals surface area contributed by atoms with Gasteiger partial charge in [-0.2, -0.15) is 0 Å². The summed E-state index contributed by atoms with van der Waals surface area (Å²) in [5, 5.41) is 3.68. The number of nitrogens with two attached hydrogens (primary N) is 1. The normalized spacial score (nSPS) is 10.8. The van der Waals surface area contributed by atoms with Crippen LogP contribution in [0, 0.1) is 6.92 Å². The van der Waals surface area contributed by atoms with E-state index in [9.17, 15) is 4.79 Å². The SMILES string of the molecule is Cc1ccc(NC(=O)c2sc3nc(-c4ccncc4)ccc3c2N)cc1. The van der Waals surface area contributed by atoms with Crippen LogP contribution >= 0.6 is 11.3 Å². The largest absolute Gasteiger partial charge is 0.397 e. The van der Waals surface area contributed by atoms with Gasteiger partial charge in [0.15, 0.2) is 0 Å². The summed E-state index contributed by atoms with van der Waals surface area (Å²) in [6, 6.07) is 15.3. The van der Waals surface area contributed by atoms with Crippen molar-refractivity contribution in [3.63, 3.8) is 0 Å². The molecule has 0 aliphatic carbocycles. The molecule has 3 aromatic heterocycles. The molecule has 4 rings (SSSR count). The van der Waals surface area contributed by atoms with Crippen LogP contribution in [0.2, 0.25) is 0 Å². The zero-order chi connectivity index (χ0) is 18.1. The molecule has 0 aliphatic heterocycles. The molecule has 0 radical (unpaired) electrons. The van der Waals surface area contributed by atoms with Gasteiger partial charge in [-0.3, -0.25) is 9.78 Å². The predicted molar refractivity (Wildman–Crippen MR) is 106 cm³/mol. The first-order valence-electron chi connectivity index (χ1n) is 8.09. The van der Waals surface area contributed by atoms with Crippen molar-refractivity contribution >= 4 is 38.8 Å². The van der Waals surface area contributed by atoms with Crippen LogP contribution in [0.5, 0.6) is 0 Å². The molecule has 0 unspecified atom stereocenters. The molecule has 5 nitrogen and oxygen atoms in total. The Morgan fingerprint density at radius 2 is 1.77 bits per heavy atom. The number of carbonyl (C=O) groups excluding carboxylic acids is 1. The van der Waals surface area contributed by atoms with Crippen molar-refractivity contribution in [3.8, 4) is 11.3 Å². The lowest BCUT2D eigenvalue weighted by atomic mass is 10.1. The van der Waals surface area contributed by atoms with E-state index < -0.39 is 0 Å². The molecule has 0 atom stereocenters. The molecular formula is C20H16N4OS. The number of anilines is 2. The van der Waals surface area contributed by atoms with Crippen molar-refractivity contribution in [3.05, 3.63) is 71.4 Å². The molecule has 4 aromatic rings. The molecule has 0 saturated heterocycles. The molecule has 0 aliphatic rings. The Morgan fingerprint density at radius 3 is 2.50 bits per heavy atom. The predicted octanol–water partition coefficient (Wildman–Crippen LogP) is 4.50. The molecule has 0 fully saturated rings. The van der Waals surface area contributed by atoms with Gasteiger partial charge < -0.3 is 11.1 Å². The molecule has 0 spiro atoms. The Bertz CT molecular complexity index is 1090. The van der Waals surface area contributed by atoms with E-state index in [1.807, 2.05) is 55.5 Å². The molecule has 1 amide bonds. The summed E-state index contributed by atoms with van der Waals surface area (Å²) >= 11 is 1.30. The maximum absolute atomic E-state index is 12.6. The quantitative estimate of drug-likeness (QED) is 0.563. The van der Waals surface area contributed by atoms with E-state index in [2.05, 4.69) is 15.3 Å². The smallest absolute Gasteiger partial charge is 0.267 e. The van der Waals surface area contributed by atoms with Gasteiger partial charge in [0.1, 0.15) is 9.71 Å². The first-order valence-corrected chi connectivity index (χ1v) is 8.91. The molecule has 1 aromatic carbocycles. The van der Waals surface area contributed by atoms with Gasteiger partial charge in [-0.05, 0) is 43.3 Å². The maximum atomic E-state index is 12.6. The Balaban J connectivity index is 1.68. The summed E-state index contributed by atoms with van der Waals surface area (Å²) in [6.07, 6.45) is 3.45. The second-order valence-corrected chi connectivity index (χ2v) is 6.95. The number of nitrogen functional groups attached to an aromatic ring is 1. The molecule has 0 saturated carbocycles. The van der Waals surface area contributed by atoms with Gasteiger partial charge >= 0.3 is 0 Å². The lowest BCUT2D eigenvalue weighted by molar-refractivity contribution is 0.103. The minimum absolute atomic E-state index is 0.222. The first kappa shape index (κ1) is 16.2. The van der Waals surface area contributed by atoms with Crippen LogP contribution in [-0.4, -0.2) is 15.9 Å². The first-order chi connectivity index (χ1) is 12.6. The molecule has 26 heavy (non-hydrogen) atoms. The van der Waals surface area contributed by atoms with Crippen LogP contribution in [-0.2, 0) is 0 Å². The van der Waals surface area contributed by atoms with E-state index >= 15 is 0 Å². The molecule has 0 bridgehead atoms. The van der Waals surface area contributed by atoms with E-state index in [0.29, 0.717) is 10.6 Å². The van der Waals surface area contributed by atoms with Crippen LogP contribution in [0.4, 0.5) is 11.4 Å². The number of fused-ring (bicyclic) bond motifs is 1. The highest BCUT2D eigenvalue weighted by Gasteiger charge is 2.18. The third kappa shape index (κ3) is 3.02. The van der Waals surface area contributed by atoms with Crippen molar-refractivity contribution in [2.45, 2.75) is 6.92 Å². The number of thiophene rings is 1. The lowest BCUT2D eigenvalue weighted by Crippen LogP contribution is -2.11. The minimum Gasteiger partial charge on any atom is -0.397 e. The van der Waals surface area contributed by atoms with E-state index in [1.165, 1.54) is 11.3 Å². The summed E-state index contributed by atoms with van der Waals surface area (Å²) in [6.45, 7) is 2.00. The Hall–Kier alpha value is -3.25. The number of pyridine rings is 2. The fraction of sp³-hybridized carbons (Fsp3) is 0.0500. The highest BCUT2D eigenvalue weighted by molar-refractivity contribution is 7.21. The van der Waals surface area contributed by atoms with Crippen molar-refractivity contribution in [1.29, 1.82) is 0 Å². The van der Waals surface area contributed by atoms with Gasteiger partial charge in [-0.15, -0.1) is 11.3 Å². The molecule has 6 heteroatoms. The number of amides is 1. The third-order valence-electron chi connectivity index (χ3n) is 4.09. The highest BCUT2D eigenvalue weighted by atomic mass is 32.1. The lowest BCUT2D eigenvalue weighted by Gasteiger charge is -2.04. The topological polar surface area (TPSA) is 80.9 Å². The summed E-state index contributed by atoms with van der Waals surface area (Å²) in [5.41, 5.74) is 10.3. The molecule has 128 valence electrons. The fourth-order valence-corrected chi connectivity index (χ4v) is 3.66.